The molecule has 18 heavy (non-hydrogen) atoms. The SMILES string of the molecule is CCC(=O)NCC1CC1c1cccc2c1OCO2. The van der Waals surface area contributed by atoms with Crippen molar-refractivity contribution in [3.63, 3.8) is 0 Å². The fourth-order valence-corrected chi connectivity index (χ4v) is 2.47. The lowest BCUT2D eigenvalue weighted by Crippen LogP contribution is -2.24. The molecule has 0 spiro atoms. The highest BCUT2D eigenvalue weighted by Crippen LogP contribution is 2.52. The average Bonchev–Trinajstić information content (AvgIpc) is 3.00. The molecule has 1 amide bonds. The van der Waals surface area contributed by atoms with Crippen LogP contribution in [0, 0.1) is 5.92 Å². The predicted octanol–water partition coefficient (Wildman–Crippen LogP) is 2.04. The molecule has 1 aliphatic carbocycles. The Balaban J connectivity index is 1.64. The Labute approximate surface area is 106 Å². The van der Waals surface area contributed by atoms with E-state index < -0.39 is 0 Å². The summed E-state index contributed by atoms with van der Waals surface area (Å²) in [6, 6.07) is 6.03. The van der Waals surface area contributed by atoms with Gasteiger partial charge in [-0.15, -0.1) is 0 Å². The molecular formula is C14H17NO3. The van der Waals surface area contributed by atoms with Gasteiger partial charge in [-0.25, -0.2) is 0 Å². The molecule has 1 N–H and O–H groups in total. The number of benzene rings is 1. The van der Waals surface area contributed by atoms with E-state index in [1.54, 1.807) is 0 Å². The Morgan fingerprint density at radius 2 is 2.33 bits per heavy atom. The maximum absolute atomic E-state index is 11.2. The molecule has 3 rings (SSSR count). The summed E-state index contributed by atoms with van der Waals surface area (Å²) in [5.41, 5.74) is 1.22. The van der Waals surface area contributed by atoms with Crippen molar-refractivity contribution in [3.8, 4) is 11.5 Å². The summed E-state index contributed by atoms with van der Waals surface area (Å²) in [4.78, 5) is 11.2. The van der Waals surface area contributed by atoms with Gasteiger partial charge < -0.3 is 14.8 Å². The normalized spacial score (nSPS) is 23.8. The number of fused-ring (bicyclic) bond motifs is 1. The van der Waals surface area contributed by atoms with Crippen molar-refractivity contribution >= 4 is 5.91 Å². The summed E-state index contributed by atoms with van der Waals surface area (Å²) >= 11 is 0. The second kappa shape index (κ2) is 4.52. The summed E-state index contributed by atoms with van der Waals surface area (Å²) in [6.45, 7) is 2.95. The Morgan fingerprint density at radius 3 is 3.17 bits per heavy atom. The minimum absolute atomic E-state index is 0.124. The van der Waals surface area contributed by atoms with Crippen molar-refractivity contribution in [3.05, 3.63) is 23.8 Å². The van der Waals surface area contributed by atoms with Gasteiger partial charge in [-0.05, 0) is 24.3 Å². The monoisotopic (exact) mass is 247 g/mol. The Morgan fingerprint density at radius 1 is 1.44 bits per heavy atom. The maximum atomic E-state index is 11.2. The molecule has 0 aromatic heterocycles. The van der Waals surface area contributed by atoms with Gasteiger partial charge in [-0.3, -0.25) is 4.79 Å². The fraction of sp³-hybridized carbons (Fsp3) is 0.500. The van der Waals surface area contributed by atoms with E-state index in [1.807, 2.05) is 19.1 Å². The molecule has 1 saturated carbocycles. The lowest BCUT2D eigenvalue weighted by atomic mass is 10.1. The highest BCUT2D eigenvalue weighted by Gasteiger charge is 2.41. The van der Waals surface area contributed by atoms with E-state index in [4.69, 9.17) is 9.47 Å². The van der Waals surface area contributed by atoms with Crippen LogP contribution in [0.1, 0.15) is 31.2 Å². The molecule has 1 aromatic carbocycles. The number of nitrogens with one attached hydrogen (secondary N) is 1. The second-order valence-electron chi connectivity index (χ2n) is 4.84. The molecule has 0 bridgehead atoms. The maximum Gasteiger partial charge on any atom is 0.231 e. The molecule has 96 valence electrons. The van der Waals surface area contributed by atoms with Gasteiger partial charge in [0.25, 0.3) is 0 Å². The van der Waals surface area contributed by atoms with Gasteiger partial charge in [0, 0.05) is 18.5 Å². The zero-order valence-electron chi connectivity index (χ0n) is 10.4. The molecule has 1 aromatic rings. The van der Waals surface area contributed by atoms with Gasteiger partial charge in [-0.1, -0.05) is 19.1 Å². The van der Waals surface area contributed by atoms with Crippen LogP contribution in [0.25, 0.3) is 0 Å². The van der Waals surface area contributed by atoms with Crippen LogP contribution in [0.3, 0.4) is 0 Å². The molecule has 1 heterocycles. The van der Waals surface area contributed by atoms with Crippen molar-refractivity contribution in [2.45, 2.75) is 25.7 Å². The van der Waals surface area contributed by atoms with Crippen molar-refractivity contribution in [2.75, 3.05) is 13.3 Å². The Kier molecular flexibility index (Phi) is 2.86. The second-order valence-corrected chi connectivity index (χ2v) is 4.84. The lowest BCUT2D eigenvalue weighted by molar-refractivity contribution is -0.120. The van der Waals surface area contributed by atoms with E-state index in [0.29, 0.717) is 25.0 Å². The quantitative estimate of drug-likeness (QED) is 0.885. The molecule has 0 radical (unpaired) electrons. The number of para-hydroxylation sites is 1. The van der Waals surface area contributed by atoms with Crippen molar-refractivity contribution < 1.29 is 14.3 Å². The highest BCUT2D eigenvalue weighted by atomic mass is 16.7. The third kappa shape index (κ3) is 2.03. The van der Waals surface area contributed by atoms with Crippen LogP contribution in [0.4, 0.5) is 0 Å². The first-order chi connectivity index (χ1) is 8.79. The zero-order valence-corrected chi connectivity index (χ0v) is 10.4. The highest BCUT2D eigenvalue weighted by molar-refractivity contribution is 5.75. The number of carbonyl (C=O) groups is 1. The van der Waals surface area contributed by atoms with Gasteiger partial charge in [0.05, 0.1) is 0 Å². The number of hydrogen-bond donors (Lipinski definition) is 1. The topological polar surface area (TPSA) is 47.6 Å². The number of amides is 1. The first kappa shape index (κ1) is 11.4. The third-order valence-corrected chi connectivity index (χ3v) is 3.63. The summed E-state index contributed by atoms with van der Waals surface area (Å²) in [7, 11) is 0. The van der Waals surface area contributed by atoms with Crippen molar-refractivity contribution in [1.82, 2.24) is 5.32 Å². The smallest absolute Gasteiger partial charge is 0.231 e. The minimum atomic E-state index is 0.124. The summed E-state index contributed by atoms with van der Waals surface area (Å²) in [5.74, 6) is 2.90. The number of carbonyl (C=O) groups excluding carboxylic acids is 1. The molecule has 4 nitrogen and oxygen atoms in total. The van der Waals surface area contributed by atoms with Crippen LogP contribution in [-0.2, 0) is 4.79 Å². The lowest BCUT2D eigenvalue weighted by Gasteiger charge is -2.06. The first-order valence-electron chi connectivity index (χ1n) is 6.44. The van der Waals surface area contributed by atoms with Gasteiger partial charge in [0.15, 0.2) is 11.5 Å². The summed E-state index contributed by atoms with van der Waals surface area (Å²) in [5, 5.41) is 2.95. The number of hydrogen-bond acceptors (Lipinski definition) is 3. The first-order valence-corrected chi connectivity index (χ1v) is 6.44. The van der Waals surface area contributed by atoms with E-state index in [9.17, 15) is 4.79 Å². The van der Waals surface area contributed by atoms with Crippen molar-refractivity contribution in [2.24, 2.45) is 5.92 Å². The zero-order chi connectivity index (χ0) is 12.5. The van der Waals surface area contributed by atoms with Gasteiger partial charge in [0.2, 0.25) is 12.7 Å². The van der Waals surface area contributed by atoms with E-state index >= 15 is 0 Å². The van der Waals surface area contributed by atoms with E-state index in [-0.39, 0.29) is 5.91 Å². The van der Waals surface area contributed by atoms with E-state index in [2.05, 4.69) is 11.4 Å². The molecule has 2 unspecified atom stereocenters. The number of rotatable bonds is 4. The summed E-state index contributed by atoms with van der Waals surface area (Å²) in [6.07, 6.45) is 1.67. The summed E-state index contributed by atoms with van der Waals surface area (Å²) < 4.78 is 10.9. The fourth-order valence-electron chi connectivity index (χ4n) is 2.47. The van der Waals surface area contributed by atoms with Crippen LogP contribution in [0.15, 0.2) is 18.2 Å². The van der Waals surface area contributed by atoms with Gasteiger partial charge in [0.1, 0.15) is 0 Å². The average molecular weight is 247 g/mol. The molecular weight excluding hydrogens is 230 g/mol. The van der Waals surface area contributed by atoms with Crippen LogP contribution in [0.5, 0.6) is 11.5 Å². The molecule has 1 aliphatic heterocycles. The molecule has 1 fully saturated rings. The van der Waals surface area contributed by atoms with Crippen LogP contribution >= 0.6 is 0 Å². The van der Waals surface area contributed by atoms with Gasteiger partial charge >= 0.3 is 0 Å². The molecule has 0 saturated heterocycles. The molecule has 2 atom stereocenters. The predicted molar refractivity (Wildman–Crippen MR) is 66.7 cm³/mol. The van der Waals surface area contributed by atoms with Crippen LogP contribution < -0.4 is 14.8 Å². The van der Waals surface area contributed by atoms with Gasteiger partial charge in [-0.2, -0.15) is 0 Å². The van der Waals surface area contributed by atoms with E-state index in [0.717, 1.165) is 24.5 Å². The van der Waals surface area contributed by atoms with E-state index in [1.165, 1.54) is 5.56 Å². The molecule has 4 heteroatoms. The minimum Gasteiger partial charge on any atom is -0.454 e. The standard InChI is InChI=1S/C14H17NO3/c1-2-13(16)15-7-9-6-11(9)10-4-3-5-12-14(10)18-8-17-12/h3-5,9,11H,2,6-8H2,1H3,(H,15,16). The Hall–Kier alpha value is -1.71. The largest absolute Gasteiger partial charge is 0.454 e. The molecule has 2 aliphatic rings. The Bertz CT molecular complexity index is 472. The third-order valence-electron chi connectivity index (χ3n) is 3.63. The van der Waals surface area contributed by atoms with Crippen LogP contribution in [-0.4, -0.2) is 19.2 Å². The van der Waals surface area contributed by atoms with Crippen molar-refractivity contribution in [1.29, 1.82) is 0 Å². The van der Waals surface area contributed by atoms with Crippen LogP contribution in [0.2, 0.25) is 0 Å². The number of ether oxygens (including phenoxy) is 2.